The first kappa shape index (κ1) is 24.5. The van der Waals surface area contributed by atoms with Crippen LogP contribution < -0.4 is 4.74 Å². The van der Waals surface area contributed by atoms with Crippen molar-refractivity contribution in [2.24, 2.45) is 0 Å². The Kier molecular flexibility index (Phi) is 6.61. The van der Waals surface area contributed by atoms with Gasteiger partial charge in [0.25, 0.3) is 0 Å². The molecule has 12 nitrogen and oxygen atoms in total. The number of fused-ring (bicyclic) bond motifs is 1. The highest BCUT2D eigenvalue weighted by Crippen LogP contribution is 2.52. The fourth-order valence-corrected chi connectivity index (χ4v) is 5.16. The molecule has 0 bridgehead atoms. The minimum atomic E-state index is -1.66. The van der Waals surface area contributed by atoms with Gasteiger partial charge in [0.1, 0.15) is 47.1 Å². The quantitative estimate of drug-likeness (QED) is 0.231. The molecule has 0 radical (unpaired) electrons. The molecule has 0 amide bonds. The van der Waals surface area contributed by atoms with E-state index in [0.717, 1.165) is 18.2 Å². The Balaban J connectivity index is 1.72. The van der Waals surface area contributed by atoms with E-state index in [4.69, 9.17) is 9.47 Å². The van der Waals surface area contributed by atoms with Crippen molar-refractivity contribution < 1.29 is 60.5 Å². The lowest BCUT2D eigenvalue weighted by Crippen LogP contribution is -2.57. The van der Waals surface area contributed by atoms with Crippen LogP contribution in [0.1, 0.15) is 17.2 Å². The van der Waals surface area contributed by atoms with Crippen molar-refractivity contribution >= 4 is 11.8 Å². The molecule has 0 aliphatic carbocycles. The van der Waals surface area contributed by atoms with Crippen molar-refractivity contribution in [3.63, 3.8) is 0 Å². The summed E-state index contributed by atoms with van der Waals surface area (Å²) in [5.74, 6) is -3.05. The average molecular weight is 500 g/mol. The lowest BCUT2D eigenvalue weighted by molar-refractivity contribution is -0.205. The summed E-state index contributed by atoms with van der Waals surface area (Å²) in [4.78, 5) is -0.0405. The number of thioether (sulfide) groups is 1. The van der Waals surface area contributed by atoms with Gasteiger partial charge in [0.2, 0.25) is 0 Å². The maximum Gasteiger partial charge on any atom is 0.200 e. The zero-order chi connectivity index (χ0) is 24.9. The standard InChI is InChI=1S/C21H24O12S/c22-5-13-15(29)16(30)17(31)21(32-13)34-20-12(27)4-8(23)7-3-11(26)18(33-19(7)20)6-1-9(24)14(28)10(25)2-6/h1-2,4,11,13,15-18,21-31H,3,5H2/t11-,13+,15+,16-,17+,18+,21-/m0/s1. The van der Waals surface area contributed by atoms with Crippen molar-refractivity contribution in [3.05, 3.63) is 29.3 Å². The van der Waals surface area contributed by atoms with Crippen molar-refractivity contribution in [3.8, 4) is 34.5 Å². The third-order valence-corrected chi connectivity index (χ3v) is 7.06. The van der Waals surface area contributed by atoms with E-state index in [0.29, 0.717) is 11.8 Å². The summed E-state index contributed by atoms with van der Waals surface area (Å²) in [5.41, 5.74) is -1.08. The lowest BCUT2D eigenvalue weighted by atomic mass is 9.93. The molecule has 2 aromatic rings. The Bertz CT molecular complexity index is 1050. The molecule has 1 fully saturated rings. The Morgan fingerprint density at radius 3 is 2.09 bits per heavy atom. The van der Waals surface area contributed by atoms with Crippen molar-refractivity contribution in [2.75, 3.05) is 6.61 Å². The molecule has 2 aromatic carbocycles. The van der Waals surface area contributed by atoms with E-state index >= 15 is 0 Å². The normalized spacial score (nSPS) is 31.0. The minimum Gasteiger partial charge on any atom is -0.507 e. The van der Waals surface area contributed by atoms with Gasteiger partial charge in [-0.15, -0.1) is 0 Å². The minimum absolute atomic E-state index is 0.0405. The SMILES string of the molecule is OC[C@H]1O[C@@H](Sc2c(O)cc(O)c3c2O[C@H](c2cc(O)c(O)c(O)c2)[C@@H](O)C3)[C@H](O)[C@@H](O)[C@@H]1O. The van der Waals surface area contributed by atoms with E-state index in [-0.39, 0.29) is 33.9 Å². The van der Waals surface area contributed by atoms with Crippen LogP contribution in [0.3, 0.4) is 0 Å². The van der Waals surface area contributed by atoms with Gasteiger partial charge >= 0.3 is 0 Å². The van der Waals surface area contributed by atoms with Crippen LogP contribution in [0.15, 0.2) is 23.1 Å². The number of hydrogen-bond donors (Lipinski definition) is 10. The summed E-state index contributed by atoms with van der Waals surface area (Å²) in [5, 5.41) is 101. The fraction of sp³-hybridized carbons (Fsp3) is 0.429. The van der Waals surface area contributed by atoms with Gasteiger partial charge in [-0.05, 0) is 12.1 Å². The van der Waals surface area contributed by atoms with Crippen LogP contribution >= 0.6 is 11.8 Å². The van der Waals surface area contributed by atoms with Gasteiger partial charge < -0.3 is 60.5 Å². The zero-order valence-electron chi connectivity index (χ0n) is 17.4. The monoisotopic (exact) mass is 500 g/mol. The fourth-order valence-electron chi connectivity index (χ4n) is 3.97. The highest BCUT2D eigenvalue weighted by atomic mass is 32.2. The molecular weight excluding hydrogens is 476 g/mol. The van der Waals surface area contributed by atoms with Gasteiger partial charge in [-0.3, -0.25) is 0 Å². The summed E-state index contributed by atoms with van der Waals surface area (Å²) in [6, 6.07) is 3.14. The molecule has 0 aromatic heterocycles. The number of hydrogen-bond acceptors (Lipinski definition) is 13. The maximum absolute atomic E-state index is 10.6. The summed E-state index contributed by atoms with van der Waals surface area (Å²) in [6.45, 7) is -0.653. The predicted octanol–water partition coefficient (Wildman–Crippen LogP) is -0.856. The smallest absolute Gasteiger partial charge is 0.200 e. The summed E-state index contributed by atoms with van der Waals surface area (Å²) >= 11 is 0.694. The molecule has 0 spiro atoms. The molecule has 4 rings (SSSR count). The second-order valence-electron chi connectivity index (χ2n) is 8.08. The van der Waals surface area contributed by atoms with Crippen LogP contribution in [-0.2, 0) is 11.2 Å². The number of aromatic hydroxyl groups is 5. The summed E-state index contributed by atoms with van der Waals surface area (Å²) in [7, 11) is 0. The Labute approximate surface area is 196 Å². The van der Waals surface area contributed by atoms with Crippen LogP contribution in [0.4, 0.5) is 0 Å². The first-order chi connectivity index (χ1) is 16.0. The largest absolute Gasteiger partial charge is 0.507 e. The summed E-state index contributed by atoms with van der Waals surface area (Å²) in [6.07, 6.45) is -8.69. The molecule has 10 N–H and O–H groups in total. The molecule has 13 heteroatoms. The third-order valence-electron chi connectivity index (χ3n) is 5.81. The number of aliphatic hydroxyl groups excluding tert-OH is 5. The molecule has 2 aliphatic rings. The first-order valence-corrected chi connectivity index (χ1v) is 11.1. The molecule has 0 saturated carbocycles. The second-order valence-corrected chi connectivity index (χ2v) is 9.19. The van der Waals surface area contributed by atoms with Crippen LogP contribution in [0.5, 0.6) is 34.5 Å². The van der Waals surface area contributed by atoms with E-state index < -0.39 is 71.7 Å². The lowest BCUT2D eigenvalue weighted by Gasteiger charge is -2.40. The zero-order valence-corrected chi connectivity index (χ0v) is 18.2. The van der Waals surface area contributed by atoms with Gasteiger partial charge in [-0.25, -0.2) is 0 Å². The number of phenolic OH excluding ortho intramolecular Hbond substituents is 5. The van der Waals surface area contributed by atoms with E-state index in [1.165, 1.54) is 0 Å². The van der Waals surface area contributed by atoms with Gasteiger partial charge in [-0.2, -0.15) is 0 Å². The molecule has 34 heavy (non-hydrogen) atoms. The van der Waals surface area contributed by atoms with E-state index in [2.05, 4.69) is 0 Å². The van der Waals surface area contributed by atoms with E-state index in [1.54, 1.807) is 0 Å². The van der Waals surface area contributed by atoms with Crippen LogP contribution in [0.25, 0.3) is 0 Å². The van der Waals surface area contributed by atoms with Gasteiger partial charge in [0, 0.05) is 23.6 Å². The van der Waals surface area contributed by atoms with Crippen molar-refractivity contribution in [1.82, 2.24) is 0 Å². The van der Waals surface area contributed by atoms with Crippen LogP contribution in [0, 0.1) is 0 Å². The van der Waals surface area contributed by atoms with Crippen LogP contribution in [-0.4, -0.2) is 93.6 Å². The molecule has 1 saturated heterocycles. The van der Waals surface area contributed by atoms with Gasteiger partial charge in [0.05, 0.1) is 17.6 Å². The number of aliphatic hydroxyl groups is 5. The average Bonchev–Trinajstić information content (AvgIpc) is 2.79. The highest BCUT2D eigenvalue weighted by molar-refractivity contribution is 8.00. The molecule has 2 aliphatic heterocycles. The predicted molar refractivity (Wildman–Crippen MR) is 114 cm³/mol. The Hall–Kier alpha value is -2.65. The molecular formula is C21H24O12S. The van der Waals surface area contributed by atoms with Gasteiger partial charge in [-0.1, -0.05) is 11.8 Å². The van der Waals surface area contributed by atoms with Gasteiger partial charge in [0.15, 0.2) is 23.4 Å². The Morgan fingerprint density at radius 1 is 0.824 bits per heavy atom. The number of ether oxygens (including phenoxy) is 2. The number of rotatable bonds is 4. The van der Waals surface area contributed by atoms with Crippen molar-refractivity contribution in [1.29, 1.82) is 0 Å². The third kappa shape index (κ3) is 4.15. The molecule has 0 unspecified atom stereocenters. The molecule has 186 valence electrons. The van der Waals surface area contributed by atoms with E-state index in [9.17, 15) is 51.1 Å². The highest BCUT2D eigenvalue weighted by Gasteiger charge is 2.45. The maximum atomic E-state index is 10.6. The van der Waals surface area contributed by atoms with Crippen LogP contribution in [0.2, 0.25) is 0 Å². The Morgan fingerprint density at radius 2 is 1.47 bits per heavy atom. The van der Waals surface area contributed by atoms with Crippen molar-refractivity contribution in [2.45, 2.75) is 53.4 Å². The summed E-state index contributed by atoms with van der Waals surface area (Å²) < 4.78 is 11.3. The number of phenols is 5. The molecule has 7 atom stereocenters. The molecule has 2 heterocycles. The first-order valence-electron chi connectivity index (χ1n) is 10.2. The van der Waals surface area contributed by atoms with E-state index in [1.807, 2.05) is 0 Å². The topological polar surface area (TPSA) is 221 Å². The second kappa shape index (κ2) is 9.19. The number of benzene rings is 2.